The van der Waals surface area contributed by atoms with E-state index in [1.54, 1.807) is 25.1 Å². The van der Waals surface area contributed by atoms with Crippen molar-refractivity contribution in [3.63, 3.8) is 0 Å². The largest absolute Gasteiger partial charge is 0.483 e. The third kappa shape index (κ3) is 6.29. The number of fused-ring (bicyclic) bond motifs is 1. The number of rotatable bonds is 8. The molecule has 0 heterocycles. The average Bonchev–Trinajstić information content (AvgIpc) is 3.36. The van der Waals surface area contributed by atoms with Crippen molar-refractivity contribution in [2.24, 2.45) is 0 Å². The van der Waals surface area contributed by atoms with Crippen molar-refractivity contribution in [2.75, 3.05) is 6.61 Å². The first-order chi connectivity index (χ1) is 16.8. The zero-order chi connectivity index (χ0) is 24.9. The van der Waals surface area contributed by atoms with E-state index in [0.29, 0.717) is 21.4 Å². The van der Waals surface area contributed by atoms with Gasteiger partial charge in [-0.05, 0) is 70.2 Å². The van der Waals surface area contributed by atoms with Crippen LogP contribution < -0.4 is 10.1 Å². The molecule has 0 aliphatic heterocycles. The SMILES string of the molecule is CC(C(=O)NC1CCCC1)N(Cc1ccc(Cl)cc1Cl)C(=O)COc1ccc2ccccc2c1Br. The molecule has 0 aromatic heterocycles. The smallest absolute Gasteiger partial charge is 0.261 e. The van der Waals surface area contributed by atoms with Crippen LogP contribution in [0.25, 0.3) is 10.8 Å². The Labute approximate surface area is 223 Å². The second-order valence-corrected chi connectivity index (χ2v) is 10.4. The number of hydrogen-bond acceptors (Lipinski definition) is 3. The molecule has 8 heteroatoms. The minimum absolute atomic E-state index is 0.158. The van der Waals surface area contributed by atoms with E-state index < -0.39 is 6.04 Å². The monoisotopic (exact) mass is 576 g/mol. The van der Waals surface area contributed by atoms with E-state index >= 15 is 0 Å². The molecule has 5 nitrogen and oxygen atoms in total. The molecular formula is C27H27BrCl2N2O3. The number of benzene rings is 3. The number of hydrogen-bond donors (Lipinski definition) is 1. The van der Waals surface area contributed by atoms with E-state index in [1.165, 1.54) is 4.90 Å². The molecule has 1 aliphatic carbocycles. The fraction of sp³-hybridized carbons (Fsp3) is 0.333. The Hall–Kier alpha value is -2.28. The highest BCUT2D eigenvalue weighted by Gasteiger charge is 2.29. The molecule has 0 spiro atoms. The zero-order valence-corrected chi connectivity index (χ0v) is 22.5. The average molecular weight is 578 g/mol. The van der Waals surface area contributed by atoms with E-state index in [4.69, 9.17) is 27.9 Å². The fourth-order valence-corrected chi connectivity index (χ4v) is 5.43. The van der Waals surface area contributed by atoms with Gasteiger partial charge in [0.2, 0.25) is 5.91 Å². The first kappa shape index (κ1) is 25.8. The summed E-state index contributed by atoms with van der Waals surface area (Å²) in [7, 11) is 0. The molecule has 1 aliphatic rings. The number of nitrogens with zero attached hydrogens (tertiary/aromatic N) is 1. The van der Waals surface area contributed by atoms with Gasteiger partial charge in [-0.3, -0.25) is 9.59 Å². The lowest BCUT2D eigenvalue weighted by Crippen LogP contribution is -2.50. The van der Waals surface area contributed by atoms with Crippen LogP contribution >= 0.6 is 39.1 Å². The van der Waals surface area contributed by atoms with Gasteiger partial charge in [0.15, 0.2) is 6.61 Å². The van der Waals surface area contributed by atoms with Gasteiger partial charge in [-0.2, -0.15) is 0 Å². The van der Waals surface area contributed by atoms with Crippen LogP contribution in [0.5, 0.6) is 5.75 Å². The van der Waals surface area contributed by atoms with Crippen LogP contribution in [0.15, 0.2) is 59.1 Å². The highest BCUT2D eigenvalue weighted by Crippen LogP contribution is 2.33. The van der Waals surface area contributed by atoms with Gasteiger partial charge in [0, 0.05) is 22.6 Å². The van der Waals surface area contributed by atoms with Crippen LogP contribution in [0.3, 0.4) is 0 Å². The predicted molar refractivity (Wildman–Crippen MR) is 144 cm³/mol. The number of ether oxygens (including phenoxy) is 1. The van der Waals surface area contributed by atoms with Crippen LogP contribution in [0.4, 0.5) is 0 Å². The molecule has 3 aromatic carbocycles. The topological polar surface area (TPSA) is 58.6 Å². The van der Waals surface area contributed by atoms with Gasteiger partial charge in [0.25, 0.3) is 5.91 Å². The number of halogens is 3. The highest BCUT2D eigenvalue weighted by atomic mass is 79.9. The van der Waals surface area contributed by atoms with Gasteiger partial charge < -0.3 is 15.0 Å². The van der Waals surface area contributed by atoms with Crippen LogP contribution in [0.2, 0.25) is 10.0 Å². The van der Waals surface area contributed by atoms with Crippen molar-refractivity contribution < 1.29 is 14.3 Å². The maximum atomic E-state index is 13.4. The van der Waals surface area contributed by atoms with Gasteiger partial charge in [-0.25, -0.2) is 0 Å². The second kappa shape index (κ2) is 11.6. The maximum absolute atomic E-state index is 13.4. The van der Waals surface area contributed by atoms with Crippen molar-refractivity contribution >= 4 is 61.7 Å². The van der Waals surface area contributed by atoms with Crippen molar-refractivity contribution in [1.82, 2.24) is 10.2 Å². The molecule has 2 amide bonds. The molecule has 1 fully saturated rings. The Morgan fingerprint density at radius 2 is 1.86 bits per heavy atom. The number of nitrogens with one attached hydrogen (secondary N) is 1. The molecule has 1 N–H and O–H groups in total. The molecule has 0 saturated heterocycles. The summed E-state index contributed by atoms with van der Waals surface area (Å²) in [4.78, 5) is 27.9. The third-order valence-electron chi connectivity index (χ3n) is 6.40. The van der Waals surface area contributed by atoms with Crippen molar-refractivity contribution in [2.45, 2.75) is 51.2 Å². The normalized spacial score (nSPS) is 14.6. The van der Waals surface area contributed by atoms with E-state index in [9.17, 15) is 9.59 Å². The quantitative estimate of drug-likeness (QED) is 0.321. The lowest BCUT2D eigenvalue weighted by atomic mass is 10.1. The first-order valence-electron chi connectivity index (χ1n) is 11.7. The van der Waals surface area contributed by atoms with Crippen LogP contribution in [-0.2, 0) is 16.1 Å². The molecule has 0 bridgehead atoms. The Balaban J connectivity index is 1.52. The van der Waals surface area contributed by atoms with Crippen molar-refractivity contribution in [1.29, 1.82) is 0 Å². The highest BCUT2D eigenvalue weighted by molar-refractivity contribution is 9.10. The van der Waals surface area contributed by atoms with Crippen LogP contribution in [0.1, 0.15) is 38.2 Å². The van der Waals surface area contributed by atoms with Crippen LogP contribution in [0, 0.1) is 0 Å². The summed E-state index contributed by atoms with van der Waals surface area (Å²) >= 11 is 16.0. The van der Waals surface area contributed by atoms with E-state index in [-0.39, 0.29) is 31.0 Å². The van der Waals surface area contributed by atoms with Gasteiger partial charge in [-0.15, -0.1) is 0 Å². The summed E-state index contributed by atoms with van der Waals surface area (Å²) in [6.45, 7) is 1.68. The summed E-state index contributed by atoms with van der Waals surface area (Å²) in [6, 6.07) is 16.3. The summed E-state index contributed by atoms with van der Waals surface area (Å²) in [5, 5.41) is 6.10. The summed E-state index contributed by atoms with van der Waals surface area (Å²) in [5.41, 5.74) is 0.705. The fourth-order valence-electron chi connectivity index (χ4n) is 4.36. The molecule has 3 aromatic rings. The third-order valence-corrected chi connectivity index (χ3v) is 7.81. The zero-order valence-electron chi connectivity index (χ0n) is 19.4. The minimum atomic E-state index is -0.696. The summed E-state index contributed by atoms with van der Waals surface area (Å²) < 4.78 is 6.69. The number of carbonyl (C=O) groups excluding carboxylic acids is 2. The van der Waals surface area contributed by atoms with Gasteiger partial charge in [-0.1, -0.05) is 72.4 Å². The lowest BCUT2D eigenvalue weighted by molar-refractivity contribution is -0.142. The van der Waals surface area contributed by atoms with Crippen molar-refractivity contribution in [3.8, 4) is 5.75 Å². The Morgan fingerprint density at radius 3 is 2.60 bits per heavy atom. The van der Waals surface area contributed by atoms with E-state index in [1.807, 2.05) is 36.4 Å². The number of amides is 2. The molecule has 35 heavy (non-hydrogen) atoms. The summed E-state index contributed by atoms with van der Waals surface area (Å²) in [6.07, 6.45) is 4.15. The molecule has 1 saturated carbocycles. The van der Waals surface area contributed by atoms with Crippen molar-refractivity contribution in [3.05, 3.63) is 74.7 Å². The predicted octanol–water partition coefficient (Wildman–Crippen LogP) is 6.76. The van der Waals surface area contributed by atoms with Gasteiger partial charge >= 0.3 is 0 Å². The van der Waals surface area contributed by atoms with E-state index in [0.717, 1.165) is 40.9 Å². The Morgan fingerprint density at radius 1 is 1.11 bits per heavy atom. The van der Waals surface area contributed by atoms with Crippen LogP contribution in [-0.4, -0.2) is 35.4 Å². The molecular weight excluding hydrogens is 551 g/mol. The maximum Gasteiger partial charge on any atom is 0.261 e. The minimum Gasteiger partial charge on any atom is -0.483 e. The van der Waals surface area contributed by atoms with Gasteiger partial charge in [0.05, 0.1) is 4.47 Å². The molecule has 184 valence electrons. The molecule has 1 atom stereocenters. The Bertz CT molecular complexity index is 1230. The molecule has 0 radical (unpaired) electrons. The Kier molecular flexibility index (Phi) is 8.58. The standard InChI is InChI=1S/C27H27BrCl2N2O3/c1-17(27(34)31-21-7-3-4-8-21)32(15-19-10-12-20(29)14-23(19)30)25(33)16-35-24-13-11-18-6-2-5-9-22(18)26(24)28/h2,5-6,9-14,17,21H,3-4,7-8,15-16H2,1H3,(H,31,34). The molecule has 1 unspecified atom stereocenters. The number of carbonyl (C=O) groups is 2. The summed E-state index contributed by atoms with van der Waals surface area (Å²) in [5.74, 6) is 0.0666. The second-order valence-electron chi connectivity index (χ2n) is 8.81. The van der Waals surface area contributed by atoms with Gasteiger partial charge in [0.1, 0.15) is 11.8 Å². The first-order valence-corrected chi connectivity index (χ1v) is 13.2. The lowest BCUT2D eigenvalue weighted by Gasteiger charge is -2.30. The molecule has 4 rings (SSSR count). The van der Waals surface area contributed by atoms with E-state index in [2.05, 4.69) is 21.2 Å².